The lowest BCUT2D eigenvalue weighted by molar-refractivity contribution is -0.138. The van der Waals surface area contributed by atoms with E-state index in [2.05, 4.69) is 21.8 Å². The number of likely N-dealkylation sites (N-methyl/N-ethyl adjacent to an activating group) is 1. The maximum Gasteiger partial charge on any atom is 0.419 e. The van der Waals surface area contributed by atoms with Crippen molar-refractivity contribution in [3.8, 4) is 11.8 Å². The van der Waals surface area contributed by atoms with Gasteiger partial charge in [0.05, 0.1) is 23.1 Å². The van der Waals surface area contributed by atoms with Gasteiger partial charge in [-0.05, 0) is 56.7 Å². The highest BCUT2D eigenvalue weighted by Crippen LogP contribution is 2.49. The third-order valence-corrected chi connectivity index (χ3v) is 7.93. The van der Waals surface area contributed by atoms with Gasteiger partial charge in [-0.1, -0.05) is 0 Å². The van der Waals surface area contributed by atoms with Crippen LogP contribution in [-0.2, 0) is 11.0 Å². The highest BCUT2D eigenvalue weighted by Gasteiger charge is 2.60. The molecule has 39 heavy (non-hydrogen) atoms. The Morgan fingerprint density at radius 2 is 1.90 bits per heavy atom. The van der Waals surface area contributed by atoms with Crippen LogP contribution in [0.1, 0.15) is 30.5 Å². The van der Waals surface area contributed by atoms with Crippen molar-refractivity contribution < 1.29 is 27.1 Å². The molecule has 2 aliphatic heterocycles. The summed E-state index contributed by atoms with van der Waals surface area (Å²) >= 11 is 5.54. The lowest BCUT2D eigenvalue weighted by Crippen LogP contribution is -2.55. The Kier molecular flexibility index (Phi) is 7.21. The molecule has 0 N–H and O–H groups in total. The van der Waals surface area contributed by atoms with E-state index in [1.54, 1.807) is 6.07 Å². The quantitative estimate of drug-likeness (QED) is 0.389. The van der Waals surface area contributed by atoms with Gasteiger partial charge in [0.25, 0.3) is 5.91 Å². The number of nitrogens with zero attached hydrogens (tertiary/aromatic N) is 6. The van der Waals surface area contributed by atoms with Gasteiger partial charge in [0.15, 0.2) is 16.6 Å². The number of halogens is 4. The molecule has 0 atom stereocenters. The van der Waals surface area contributed by atoms with E-state index >= 15 is 4.39 Å². The van der Waals surface area contributed by atoms with Crippen LogP contribution >= 0.6 is 12.2 Å². The molecule has 3 fully saturated rings. The number of thiocarbonyl (C=S) groups is 1. The number of carbonyl (C=O) groups is 1. The second kappa shape index (κ2) is 10.3. The van der Waals surface area contributed by atoms with Crippen molar-refractivity contribution >= 4 is 34.6 Å². The summed E-state index contributed by atoms with van der Waals surface area (Å²) in [7, 11) is 2.08. The van der Waals surface area contributed by atoms with Gasteiger partial charge in [-0.15, -0.1) is 0 Å². The van der Waals surface area contributed by atoms with Crippen LogP contribution in [-0.4, -0.2) is 77.7 Å². The molecule has 206 valence electrons. The molecule has 3 aliphatic rings. The van der Waals surface area contributed by atoms with Gasteiger partial charge in [0, 0.05) is 38.8 Å². The molecule has 5 rings (SSSR count). The van der Waals surface area contributed by atoms with E-state index in [-0.39, 0.29) is 16.5 Å². The number of piperazine rings is 1. The first-order valence-corrected chi connectivity index (χ1v) is 13.0. The molecular formula is C26H26F4N6O2S. The normalized spacial score (nSPS) is 19.9. The van der Waals surface area contributed by atoms with Crippen LogP contribution in [0.15, 0.2) is 30.5 Å². The average Bonchev–Trinajstić information content (AvgIpc) is 3.11. The molecule has 13 heteroatoms. The van der Waals surface area contributed by atoms with Gasteiger partial charge in [-0.25, -0.2) is 9.37 Å². The van der Waals surface area contributed by atoms with Crippen LogP contribution in [0.3, 0.4) is 0 Å². The fraction of sp³-hybridized carbons (Fsp3) is 0.462. The molecule has 1 amide bonds. The zero-order valence-corrected chi connectivity index (χ0v) is 22.0. The second-order valence-electron chi connectivity index (χ2n) is 9.95. The molecule has 8 nitrogen and oxygen atoms in total. The van der Waals surface area contributed by atoms with E-state index < -0.39 is 34.7 Å². The number of benzene rings is 1. The van der Waals surface area contributed by atoms with Crippen LogP contribution in [0.25, 0.3) is 0 Å². The van der Waals surface area contributed by atoms with E-state index in [9.17, 15) is 18.0 Å². The van der Waals surface area contributed by atoms with Gasteiger partial charge in [0.2, 0.25) is 0 Å². The SMILES string of the molecule is CN1CCN(CCOc2ccc(N3C(=S)N(c4cnc(C#N)c(C(F)(F)F)c4)C(=O)C34CCC4)c(F)c2)CC1. The molecule has 2 saturated heterocycles. The van der Waals surface area contributed by atoms with Gasteiger partial charge < -0.3 is 14.5 Å². The minimum Gasteiger partial charge on any atom is -0.492 e. The summed E-state index contributed by atoms with van der Waals surface area (Å²) in [5.41, 5.74) is -3.47. The molecule has 2 aromatic rings. The van der Waals surface area contributed by atoms with E-state index in [0.717, 1.165) is 37.3 Å². The number of anilines is 2. The van der Waals surface area contributed by atoms with Gasteiger partial charge in [-0.2, -0.15) is 18.4 Å². The summed E-state index contributed by atoms with van der Waals surface area (Å²) in [6.07, 6.45) is -2.46. The number of amides is 1. The summed E-state index contributed by atoms with van der Waals surface area (Å²) in [5, 5.41) is 8.91. The minimum absolute atomic E-state index is 0.0413. The summed E-state index contributed by atoms with van der Waals surface area (Å²) in [4.78, 5) is 24.1. The molecule has 1 aliphatic carbocycles. The lowest BCUT2D eigenvalue weighted by Gasteiger charge is -2.43. The largest absolute Gasteiger partial charge is 0.492 e. The van der Waals surface area contributed by atoms with E-state index in [4.69, 9.17) is 22.2 Å². The molecule has 0 radical (unpaired) electrons. The maximum atomic E-state index is 15.5. The minimum atomic E-state index is -4.86. The van der Waals surface area contributed by atoms with Crippen molar-refractivity contribution in [1.29, 1.82) is 5.26 Å². The zero-order valence-electron chi connectivity index (χ0n) is 21.2. The third-order valence-electron chi connectivity index (χ3n) is 7.57. The van der Waals surface area contributed by atoms with Gasteiger partial charge >= 0.3 is 6.18 Å². The van der Waals surface area contributed by atoms with Gasteiger partial charge in [-0.3, -0.25) is 14.6 Å². The number of nitriles is 1. The smallest absolute Gasteiger partial charge is 0.419 e. The first kappa shape index (κ1) is 27.2. The Morgan fingerprint density at radius 3 is 2.49 bits per heavy atom. The van der Waals surface area contributed by atoms with Crippen molar-refractivity contribution in [2.24, 2.45) is 0 Å². The Balaban J connectivity index is 1.38. The van der Waals surface area contributed by atoms with Crippen molar-refractivity contribution in [2.75, 3.05) is 56.2 Å². The van der Waals surface area contributed by atoms with Crippen molar-refractivity contribution in [2.45, 2.75) is 31.0 Å². The summed E-state index contributed by atoms with van der Waals surface area (Å²) < 4.78 is 61.9. The standard InChI is InChI=1S/C26H26F4N6O2S/c1-33-7-9-34(10-8-33)11-12-38-18-3-4-22(20(27)14-18)36-24(39)35(23(37)25(36)5-2-6-25)17-13-19(26(28,29)30)21(15-31)32-16-17/h3-4,13-14,16H,2,5-12H2,1H3. The first-order valence-electron chi connectivity index (χ1n) is 12.5. The molecule has 1 spiro atoms. The number of carbonyl (C=O) groups excluding carboxylic acids is 1. The Morgan fingerprint density at radius 1 is 1.18 bits per heavy atom. The van der Waals surface area contributed by atoms with Crippen LogP contribution in [0, 0.1) is 17.1 Å². The monoisotopic (exact) mass is 562 g/mol. The van der Waals surface area contributed by atoms with Crippen molar-refractivity contribution in [3.63, 3.8) is 0 Å². The predicted octanol–water partition coefficient (Wildman–Crippen LogP) is 3.80. The van der Waals surface area contributed by atoms with Crippen molar-refractivity contribution in [1.82, 2.24) is 14.8 Å². The number of aromatic nitrogens is 1. The molecular weight excluding hydrogens is 536 g/mol. The third kappa shape index (κ3) is 4.92. The first-order chi connectivity index (χ1) is 18.5. The molecule has 0 unspecified atom stereocenters. The van der Waals surface area contributed by atoms with E-state index in [1.165, 1.54) is 23.1 Å². The van der Waals surface area contributed by atoms with Crippen LogP contribution in [0.5, 0.6) is 5.75 Å². The molecule has 1 aromatic carbocycles. The highest BCUT2D eigenvalue weighted by molar-refractivity contribution is 7.81. The Hall–Kier alpha value is -3.34. The number of rotatable bonds is 6. The molecule has 3 heterocycles. The van der Waals surface area contributed by atoms with Crippen LogP contribution in [0.4, 0.5) is 28.9 Å². The van der Waals surface area contributed by atoms with Crippen LogP contribution < -0.4 is 14.5 Å². The average molecular weight is 563 g/mol. The topological polar surface area (TPSA) is 75.9 Å². The Bertz CT molecular complexity index is 1330. The number of pyridine rings is 1. The van der Waals surface area contributed by atoms with E-state index in [1.807, 2.05) is 0 Å². The number of ether oxygens (including phenoxy) is 1. The van der Waals surface area contributed by atoms with Crippen LogP contribution in [0.2, 0.25) is 0 Å². The summed E-state index contributed by atoms with van der Waals surface area (Å²) in [5.74, 6) is -0.887. The number of hydrogen-bond acceptors (Lipinski definition) is 7. The molecule has 0 bridgehead atoms. The number of alkyl halides is 3. The fourth-order valence-corrected chi connectivity index (χ4v) is 5.65. The predicted molar refractivity (Wildman–Crippen MR) is 139 cm³/mol. The van der Waals surface area contributed by atoms with Gasteiger partial charge in [0.1, 0.15) is 24.0 Å². The summed E-state index contributed by atoms with van der Waals surface area (Å²) in [6, 6.07) is 6.39. The summed E-state index contributed by atoms with van der Waals surface area (Å²) in [6.45, 7) is 4.92. The fourth-order valence-electron chi connectivity index (χ4n) is 5.19. The second-order valence-corrected chi connectivity index (χ2v) is 10.3. The van der Waals surface area contributed by atoms with E-state index in [0.29, 0.717) is 44.2 Å². The lowest BCUT2D eigenvalue weighted by atomic mass is 9.75. The molecule has 1 saturated carbocycles. The molecule has 1 aromatic heterocycles. The van der Waals surface area contributed by atoms with Crippen molar-refractivity contribution in [3.05, 3.63) is 47.5 Å². The zero-order chi connectivity index (χ0) is 27.9. The number of hydrogen-bond donors (Lipinski definition) is 0. The Labute approximate surface area is 228 Å². The maximum absolute atomic E-state index is 15.5. The highest BCUT2D eigenvalue weighted by atomic mass is 32.1.